The Labute approximate surface area is 122 Å². The Morgan fingerprint density at radius 3 is 2.60 bits per heavy atom. The maximum atomic E-state index is 12.1. The monoisotopic (exact) mass is 297 g/mol. The van der Waals surface area contributed by atoms with Crippen molar-refractivity contribution in [1.29, 1.82) is 0 Å². The highest BCUT2D eigenvalue weighted by Gasteiger charge is 2.38. The average molecular weight is 297 g/mol. The van der Waals surface area contributed by atoms with Gasteiger partial charge >= 0.3 is 0 Å². The molecule has 1 heterocycles. The summed E-state index contributed by atoms with van der Waals surface area (Å²) in [6.07, 6.45) is 0. The number of thioether (sulfide) groups is 1. The number of methoxy groups -OCH3 is 2. The van der Waals surface area contributed by atoms with Gasteiger partial charge in [-0.05, 0) is 24.6 Å². The number of aliphatic hydroxyl groups is 1. The predicted octanol–water partition coefficient (Wildman–Crippen LogP) is 1.66. The number of nitrogens with zero attached hydrogens (tertiary/aromatic N) is 1. The number of rotatable bonds is 5. The first kappa shape index (κ1) is 15.0. The van der Waals surface area contributed by atoms with Crippen molar-refractivity contribution >= 4 is 17.7 Å². The summed E-state index contributed by atoms with van der Waals surface area (Å²) in [5.41, 5.74) is 0.971. The Kier molecular flexibility index (Phi) is 4.77. The second-order valence-corrected chi connectivity index (χ2v) is 5.93. The predicted molar refractivity (Wildman–Crippen MR) is 78.1 cm³/mol. The van der Waals surface area contributed by atoms with Crippen molar-refractivity contribution in [1.82, 2.24) is 4.90 Å². The van der Waals surface area contributed by atoms with Gasteiger partial charge in [-0.15, -0.1) is 11.8 Å². The molecule has 1 saturated heterocycles. The zero-order valence-electron chi connectivity index (χ0n) is 11.8. The molecule has 0 saturated carbocycles. The molecule has 110 valence electrons. The lowest BCUT2D eigenvalue weighted by Gasteiger charge is -2.23. The third kappa shape index (κ3) is 2.71. The van der Waals surface area contributed by atoms with Crippen molar-refractivity contribution in [3.63, 3.8) is 0 Å². The van der Waals surface area contributed by atoms with Crippen LogP contribution in [0.1, 0.15) is 17.9 Å². The maximum absolute atomic E-state index is 12.1. The molecule has 0 aliphatic carbocycles. The molecule has 6 heteroatoms. The summed E-state index contributed by atoms with van der Waals surface area (Å²) in [5.74, 6) is 1.36. The van der Waals surface area contributed by atoms with Crippen LogP contribution in [0.4, 0.5) is 0 Å². The van der Waals surface area contributed by atoms with Crippen molar-refractivity contribution in [3.05, 3.63) is 23.8 Å². The molecular weight excluding hydrogens is 278 g/mol. The first-order valence-corrected chi connectivity index (χ1v) is 7.35. The van der Waals surface area contributed by atoms with E-state index in [1.54, 1.807) is 30.9 Å². The molecule has 2 atom stereocenters. The van der Waals surface area contributed by atoms with E-state index in [-0.39, 0.29) is 23.1 Å². The summed E-state index contributed by atoms with van der Waals surface area (Å²) < 4.78 is 10.5. The lowest BCUT2D eigenvalue weighted by Crippen LogP contribution is -2.32. The number of ether oxygens (including phenoxy) is 2. The summed E-state index contributed by atoms with van der Waals surface area (Å²) in [5, 5.41) is 8.94. The third-order valence-corrected chi connectivity index (χ3v) is 4.67. The van der Waals surface area contributed by atoms with Crippen molar-refractivity contribution in [2.75, 3.05) is 27.4 Å². The molecule has 1 aromatic carbocycles. The van der Waals surface area contributed by atoms with Crippen molar-refractivity contribution in [2.45, 2.75) is 17.5 Å². The minimum absolute atomic E-state index is 0.0389. The number of hydrogen-bond donors (Lipinski definition) is 1. The highest BCUT2D eigenvalue weighted by atomic mass is 32.2. The van der Waals surface area contributed by atoms with E-state index < -0.39 is 0 Å². The highest BCUT2D eigenvalue weighted by Crippen LogP contribution is 2.44. The number of aliphatic hydroxyl groups excluding tert-OH is 1. The number of carbonyl (C=O) groups excluding carboxylic acids is 1. The minimum atomic E-state index is -0.0975. The Morgan fingerprint density at radius 1 is 1.30 bits per heavy atom. The first-order chi connectivity index (χ1) is 9.62. The van der Waals surface area contributed by atoms with Crippen molar-refractivity contribution < 1.29 is 19.4 Å². The van der Waals surface area contributed by atoms with E-state index in [0.29, 0.717) is 18.0 Å². The minimum Gasteiger partial charge on any atom is -0.493 e. The molecule has 0 spiro atoms. The van der Waals surface area contributed by atoms with E-state index in [9.17, 15) is 4.79 Å². The fourth-order valence-electron chi connectivity index (χ4n) is 2.27. The van der Waals surface area contributed by atoms with Gasteiger partial charge in [0.2, 0.25) is 5.91 Å². The fraction of sp³-hybridized carbons (Fsp3) is 0.500. The van der Waals surface area contributed by atoms with E-state index >= 15 is 0 Å². The molecular formula is C14H19NO4S. The van der Waals surface area contributed by atoms with Crippen LogP contribution < -0.4 is 9.47 Å². The summed E-state index contributed by atoms with van der Waals surface area (Å²) in [7, 11) is 3.17. The first-order valence-electron chi connectivity index (χ1n) is 6.41. The van der Waals surface area contributed by atoms with Crippen LogP contribution in [0.3, 0.4) is 0 Å². The van der Waals surface area contributed by atoms with Crippen LogP contribution in [-0.4, -0.2) is 48.5 Å². The molecule has 1 aliphatic heterocycles. The lowest BCUT2D eigenvalue weighted by molar-refractivity contribution is -0.130. The second kappa shape index (κ2) is 6.37. The summed E-state index contributed by atoms with van der Waals surface area (Å²) in [6, 6.07) is 5.64. The highest BCUT2D eigenvalue weighted by molar-refractivity contribution is 8.01. The van der Waals surface area contributed by atoms with E-state index in [1.165, 1.54) is 0 Å². The van der Waals surface area contributed by atoms with Crippen LogP contribution in [0.25, 0.3) is 0 Å². The SMILES string of the molecule is COc1ccc([C@@H]2S[C@@H](C)C(=O)N2CCO)cc1OC. The lowest BCUT2D eigenvalue weighted by atomic mass is 10.1. The number of carbonyl (C=O) groups is 1. The quantitative estimate of drug-likeness (QED) is 0.895. The molecule has 5 nitrogen and oxygen atoms in total. The van der Waals surface area contributed by atoms with Crippen LogP contribution >= 0.6 is 11.8 Å². The van der Waals surface area contributed by atoms with E-state index in [4.69, 9.17) is 14.6 Å². The molecule has 1 amide bonds. The smallest absolute Gasteiger partial charge is 0.236 e. The Morgan fingerprint density at radius 2 is 2.00 bits per heavy atom. The molecule has 2 rings (SSSR count). The van der Waals surface area contributed by atoms with Crippen LogP contribution in [0.2, 0.25) is 0 Å². The van der Waals surface area contributed by atoms with Crippen LogP contribution in [-0.2, 0) is 4.79 Å². The van der Waals surface area contributed by atoms with Gasteiger partial charge in [-0.25, -0.2) is 0 Å². The average Bonchev–Trinajstić information content (AvgIpc) is 2.75. The number of β-amino-alcohol motifs (C(OH)–C–C–N with tert-alkyl or cyclic N) is 1. The van der Waals surface area contributed by atoms with Crippen molar-refractivity contribution in [2.24, 2.45) is 0 Å². The second-order valence-electron chi connectivity index (χ2n) is 4.50. The normalized spacial score (nSPS) is 22.2. The fourth-order valence-corrected chi connectivity index (χ4v) is 3.57. The molecule has 20 heavy (non-hydrogen) atoms. The van der Waals surface area contributed by atoms with Gasteiger partial charge in [-0.1, -0.05) is 6.07 Å². The third-order valence-electron chi connectivity index (χ3n) is 3.28. The topological polar surface area (TPSA) is 59.0 Å². The number of amides is 1. The van der Waals surface area contributed by atoms with Crippen LogP contribution in [0.15, 0.2) is 18.2 Å². The summed E-state index contributed by atoms with van der Waals surface area (Å²) in [4.78, 5) is 13.8. The van der Waals surface area contributed by atoms with Gasteiger partial charge in [0, 0.05) is 6.54 Å². The summed E-state index contributed by atoms with van der Waals surface area (Å²) in [6.45, 7) is 2.19. The zero-order valence-corrected chi connectivity index (χ0v) is 12.6. The Hall–Kier alpha value is -1.40. The van der Waals surface area contributed by atoms with Gasteiger partial charge in [0.25, 0.3) is 0 Å². The van der Waals surface area contributed by atoms with Gasteiger partial charge in [0.15, 0.2) is 11.5 Å². The van der Waals surface area contributed by atoms with Gasteiger partial charge in [-0.2, -0.15) is 0 Å². The van der Waals surface area contributed by atoms with E-state index in [1.807, 2.05) is 25.1 Å². The molecule has 0 radical (unpaired) electrons. The largest absolute Gasteiger partial charge is 0.493 e. The Balaban J connectivity index is 2.32. The maximum Gasteiger partial charge on any atom is 0.236 e. The number of hydrogen-bond acceptors (Lipinski definition) is 5. The summed E-state index contributed by atoms with van der Waals surface area (Å²) >= 11 is 1.58. The molecule has 0 unspecified atom stereocenters. The molecule has 0 bridgehead atoms. The standard InChI is InChI=1S/C14H19NO4S/c1-9-13(17)15(6-7-16)14(20-9)10-4-5-11(18-2)12(8-10)19-3/h4-5,8-9,14,16H,6-7H2,1-3H3/t9-,14-/m0/s1. The van der Waals surface area contributed by atoms with Gasteiger partial charge in [-0.3, -0.25) is 4.79 Å². The van der Waals surface area contributed by atoms with Gasteiger partial charge in [0.05, 0.1) is 26.1 Å². The molecule has 1 aliphatic rings. The van der Waals surface area contributed by atoms with Gasteiger partial charge < -0.3 is 19.5 Å². The number of benzene rings is 1. The van der Waals surface area contributed by atoms with Gasteiger partial charge in [0.1, 0.15) is 5.37 Å². The molecule has 1 aromatic rings. The van der Waals surface area contributed by atoms with E-state index in [2.05, 4.69) is 0 Å². The molecule has 1 fully saturated rings. The zero-order chi connectivity index (χ0) is 14.7. The Bertz CT molecular complexity index is 494. The van der Waals surface area contributed by atoms with Crippen LogP contribution in [0, 0.1) is 0 Å². The molecule has 1 N–H and O–H groups in total. The van der Waals surface area contributed by atoms with Crippen LogP contribution in [0.5, 0.6) is 11.5 Å². The molecule has 0 aromatic heterocycles. The van der Waals surface area contributed by atoms with E-state index in [0.717, 1.165) is 5.56 Å². The van der Waals surface area contributed by atoms with Crippen molar-refractivity contribution in [3.8, 4) is 11.5 Å².